The molecule has 0 heterocycles. The van der Waals surface area contributed by atoms with Crippen LogP contribution >= 0.6 is 0 Å². The van der Waals surface area contributed by atoms with Gasteiger partial charge >= 0.3 is 0 Å². The van der Waals surface area contributed by atoms with Gasteiger partial charge in [0, 0.05) is 12.6 Å². The van der Waals surface area contributed by atoms with Crippen LogP contribution in [0.3, 0.4) is 0 Å². The highest BCUT2D eigenvalue weighted by Gasteiger charge is 2.32. The Kier molecular flexibility index (Phi) is 4.99. The molecule has 0 aromatic heterocycles. The summed E-state index contributed by atoms with van der Waals surface area (Å²) in [6, 6.07) is 13.7. The summed E-state index contributed by atoms with van der Waals surface area (Å²) in [5.74, 6) is 0.979. The Morgan fingerprint density at radius 3 is 2.50 bits per heavy atom. The first-order chi connectivity index (χ1) is 11.7. The zero-order chi connectivity index (χ0) is 16.9. The molecule has 0 aliphatic heterocycles. The number of hydrogen-bond acceptors (Lipinski definition) is 3. The van der Waals surface area contributed by atoms with Gasteiger partial charge in [0.05, 0.1) is 7.11 Å². The molecule has 2 aromatic rings. The van der Waals surface area contributed by atoms with Crippen molar-refractivity contribution in [1.82, 2.24) is 4.90 Å². The van der Waals surface area contributed by atoms with E-state index < -0.39 is 0 Å². The molecule has 24 heavy (non-hydrogen) atoms. The van der Waals surface area contributed by atoms with Crippen molar-refractivity contribution in [2.24, 2.45) is 0 Å². The molecule has 1 fully saturated rings. The molecule has 4 nitrogen and oxygen atoms in total. The third kappa shape index (κ3) is 4.25. The van der Waals surface area contributed by atoms with Gasteiger partial charge in [0.2, 0.25) is 0 Å². The number of amides is 1. The number of carbonyl (C=O) groups excluding carboxylic acids is 1. The van der Waals surface area contributed by atoms with E-state index in [1.807, 2.05) is 6.07 Å². The summed E-state index contributed by atoms with van der Waals surface area (Å²) in [7, 11) is 1.60. The highest BCUT2D eigenvalue weighted by Crippen LogP contribution is 2.28. The minimum Gasteiger partial charge on any atom is -0.497 e. The van der Waals surface area contributed by atoms with E-state index in [0.29, 0.717) is 12.3 Å². The first kappa shape index (κ1) is 16.3. The van der Waals surface area contributed by atoms with Crippen molar-refractivity contribution in [1.29, 1.82) is 0 Å². The van der Waals surface area contributed by atoms with Crippen molar-refractivity contribution in [2.75, 3.05) is 13.7 Å². The second-order valence-electron chi connectivity index (χ2n) is 5.85. The van der Waals surface area contributed by atoms with E-state index in [0.717, 1.165) is 24.2 Å². The molecule has 0 atom stereocenters. The van der Waals surface area contributed by atoms with Crippen molar-refractivity contribution >= 4 is 5.91 Å². The third-order valence-electron chi connectivity index (χ3n) is 3.97. The van der Waals surface area contributed by atoms with Crippen LogP contribution in [0.25, 0.3) is 0 Å². The molecule has 0 N–H and O–H groups in total. The Morgan fingerprint density at radius 1 is 1.17 bits per heavy atom. The Bertz CT molecular complexity index is 698. The summed E-state index contributed by atoms with van der Waals surface area (Å²) in [6.45, 7) is 0.380. The van der Waals surface area contributed by atoms with Gasteiger partial charge in [-0.3, -0.25) is 4.79 Å². The van der Waals surface area contributed by atoms with Crippen LogP contribution in [-0.2, 0) is 11.3 Å². The molecule has 5 heteroatoms. The van der Waals surface area contributed by atoms with Crippen LogP contribution in [0, 0.1) is 5.82 Å². The number of carbonyl (C=O) groups is 1. The van der Waals surface area contributed by atoms with Crippen LogP contribution in [0.15, 0.2) is 48.5 Å². The van der Waals surface area contributed by atoms with Gasteiger partial charge < -0.3 is 14.4 Å². The van der Waals surface area contributed by atoms with Gasteiger partial charge in [-0.1, -0.05) is 12.1 Å². The molecule has 0 spiro atoms. The minimum absolute atomic E-state index is 0.0296. The number of rotatable bonds is 7. The van der Waals surface area contributed by atoms with Gasteiger partial charge in [-0.25, -0.2) is 4.39 Å². The van der Waals surface area contributed by atoms with Crippen molar-refractivity contribution < 1.29 is 18.7 Å². The topological polar surface area (TPSA) is 38.8 Å². The monoisotopic (exact) mass is 329 g/mol. The standard InChI is InChI=1S/C19H20FNO3/c1-23-17-7-9-18(10-8-17)24-13-19(22)21(16-5-6-16)12-14-3-2-4-15(20)11-14/h2-4,7-11,16H,5-6,12-13H2,1H3. The molecule has 1 aliphatic carbocycles. The largest absolute Gasteiger partial charge is 0.497 e. The van der Waals surface area contributed by atoms with Crippen molar-refractivity contribution in [3.63, 3.8) is 0 Å². The average Bonchev–Trinajstić information content (AvgIpc) is 3.43. The lowest BCUT2D eigenvalue weighted by molar-refractivity contribution is -0.134. The van der Waals surface area contributed by atoms with Gasteiger partial charge in [-0.05, 0) is 54.8 Å². The number of ether oxygens (including phenoxy) is 2. The van der Waals surface area contributed by atoms with Crippen LogP contribution in [0.4, 0.5) is 4.39 Å². The smallest absolute Gasteiger partial charge is 0.261 e. The Balaban J connectivity index is 1.60. The summed E-state index contributed by atoms with van der Waals surface area (Å²) in [4.78, 5) is 14.3. The van der Waals surface area contributed by atoms with E-state index in [1.165, 1.54) is 12.1 Å². The molecule has 126 valence electrons. The number of methoxy groups -OCH3 is 1. The highest BCUT2D eigenvalue weighted by atomic mass is 19.1. The number of nitrogens with zero attached hydrogens (tertiary/aromatic N) is 1. The van der Waals surface area contributed by atoms with E-state index in [2.05, 4.69) is 0 Å². The lowest BCUT2D eigenvalue weighted by Crippen LogP contribution is -2.36. The molecule has 1 aliphatic rings. The van der Waals surface area contributed by atoms with E-state index in [-0.39, 0.29) is 24.4 Å². The van der Waals surface area contributed by atoms with E-state index in [1.54, 1.807) is 42.3 Å². The van der Waals surface area contributed by atoms with Crippen LogP contribution in [-0.4, -0.2) is 30.6 Å². The van der Waals surface area contributed by atoms with Crippen molar-refractivity contribution in [3.05, 3.63) is 59.9 Å². The molecule has 0 radical (unpaired) electrons. The van der Waals surface area contributed by atoms with E-state index in [9.17, 15) is 9.18 Å². The summed E-state index contributed by atoms with van der Waals surface area (Å²) < 4.78 is 24.0. The van der Waals surface area contributed by atoms with Crippen molar-refractivity contribution in [2.45, 2.75) is 25.4 Å². The maximum atomic E-state index is 13.3. The predicted molar refractivity (Wildman–Crippen MR) is 88.5 cm³/mol. The summed E-state index contributed by atoms with van der Waals surface area (Å²) in [6.07, 6.45) is 1.98. The zero-order valence-corrected chi connectivity index (χ0v) is 13.6. The lowest BCUT2D eigenvalue weighted by Gasteiger charge is -2.22. The molecular weight excluding hydrogens is 309 g/mol. The zero-order valence-electron chi connectivity index (χ0n) is 13.6. The van der Waals surface area contributed by atoms with Crippen molar-refractivity contribution in [3.8, 4) is 11.5 Å². The molecular formula is C19H20FNO3. The Labute approximate surface area is 140 Å². The molecule has 2 aromatic carbocycles. The van der Waals surface area contributed by atoms with Crippen LogP contribution in [0.1, 0.15) is 18.4 Å². The molecule has 1 amide bonds. The average molecular weight is 329 g/mol. The maximum Gasteiger partial charge on any atom is 0.261 e. The van der Waals surface area contributed by atoms with Gasteiger partial charge in [-0.15, -0.1) is 0 Å². The van der Waals surface area contributed by atoms with Gasteiger partial charge in [-0.2, -0.15) is 0 Å². The van der Waals surface area contributed by atoms with E-state index in [4.69, 9.17) is 9.47 Å². The molecule has 3 rings (SSSR count). The fraction of sp³-hybridized carbons (Fsp3) is 0.316. The highest BCUT2D eigenvalue weighted by molar-refractivity contribution is 5.78. The summed E-state index contributed by atoms with van der Waals surface area (Å²) in [5.41, 5.74) is 0.791. The molecule has 0 saturated heterocycles. The second kappa shape index (κ2) is 7.34. The lowest BCUT2D eigenvalue weighted by atomic mass is 10.2. The minimum atomic E-state index is -0.287. The third-order valence-corrected chi connectivity index (χ3v) is 3.97. The molecule has 0 bridgehead atoms. The second-order valence-corrected chi connectivity index (χ2v) is 5.85. The Morgan fingerprint density at radius 2 is 1.88 bits per heavy atom. The number of halogens is 1. The first-order valence-corrected chi connectivity index (χ1v) is 7.96. The first-order valence-electron chi connectivity index (χ1n) is 7.96. The molecule has 1 saturated carbocycles. The van der Waals surface area contributed by atoms with Crippen LogP contribution in [0.5, 0.6) is 11.5 Å². The van der Waals surface area contributed by atoms with E-state index >= 15 is 0 Å². The van der Waals surface area contributed by atoms with Gasteiger partial charge in [0.1, 0.15) is 17.3 Å². The summed E-state index contributed by atoms with van der Waals surface area (Å²) >= 11 is 0. The SMILES string of the molecule is COc1ccc(OCC(=O)N(Cc2cccc(F)c2)C2CC2)cc1. The fourth-order valence-electron chi connectivity index (χ4n) is 2.54. The number of benzene rings is 2. The fourth-order valence-corrected chi connectivity index (χ4v) is 2.54. The molecule has 0 unspecified atom stereocenters. The van der Waals surface area contributed by atoms with Crippen LogP contribution < -0.4 is 9.47 Å². The summed E-state index contributed by atoms with van der Waals surface area (Å²) in [5, 5.41) is 0. The van der Waals surface area contributed by atoms with Gasteiger partial charge in [0.25, 0.3) is 5.91 Å². The maximum absolute atomic E-state index is 13.3. The number of hydrogen-bond donors (Lipinski definition) is 0. The quantitative estimate of drug-likeness (QED) is 0.781. The van der Waals surface area contributed by atoms with Gasteiger partial charge in [0.15, 0.2) is 6.61 Å². The normalized spacial score (nSPS) is 13.4. The predicted octanol–water partition coefficient (Wildman–Crippen LogP) is 3.40. The van der Waals surface area contributed by atoms with Crippen LogP contribution in [0.2, 0.25) is 0 Å². The Hall–Kier alpha value is -2.56.